The van der Waals surface area contributed by atoms with Gasteiger partial charge >= 0.3 is 0 Å². The number of benzene rings is 1. The minimum absolute atomic E-state index is 0.278. The van der Waals surface area contributed by atoms with Crippen LogP contribution in [0.5, 0.6) is 0 Å². The third-order valence-electron chi connectivity index (χ3n) is 4.19. The van der Waals surface area contributed by atoms with Crippen LogP contribution in [-0.2, 0) is 4.79 Å². The smallest absolute Gasteiger partial charge is 0.267 e. The van der Waals surface area contributed by atoms with Gasteiger partial charge in [0, 0.05) is 11.8 Å². The molecule has 0 spiro atoms. The number of aromatic nitrogens is 2. The van der Waals surface area contributed by atoms with Crippen molar-refractivity contribution in [2.75, 3.05) is 5.32 Å². The Hall–Kier alpha value is -2.73. The third kappa shape index (κ3) is 3.91. The summed E-state index contributed by atoms with van der Waals surface area (Å²) in [6.07, 6.45) is 0. The molecule has 1 aromatic carbocycles. The highest BCUT2D eigenvalue weighted by atomic mass is 32.1. The van der Waals surface area contributed by atoms with Crippen LogP contribution in [0.4, 0.5) is 5.69 Å². The van der Waals surface area contributed by atoms with Gasteiger partial charge < -0.3 is 5.32 Å². The van der Waals surface area contributed by atoms with Crippen LogP contribution >= 0.6 is 11.3 Å². The van der Waals surface area contributed by atoms with Crippen molar-refractivity contribution in [3.8, 4) is 10.6 Å². The summed E-state index contributed by atoms with van der Waals surface area (Å²) in [5.41, 5.74) is 2.29. The van der Waals surface area contributed by atoms with Gasteiger partial charge in [-0.15, -0.1) is 11.3 Å². The van der Waals surface area contributed by atoms with Crippen molar-refractivity contribution >= 4 is 22.9 Å². The van der Waals surface area contributed by atoms with Gasteiger partial charge in [0.05, 0.1) is 4.88 Å². The maximum atomic E-state index is 12.6. The number of thiophene rings is 1. The lowest BCUT2D eigenvalue weighted by atomic mass is 10.0. The van der Waals surface area contributed by atoms with E-state index in [1.54, 1.807) is 13.0 Å². The van der Waals surface area contributed by atoms with Crippen LogP contribution in [0, 0.1) is 0 Å². The van der Waals surface area contributed by atoms with E-state index >= 15 is 0 Å². The molecule has 134 valence electrons. The van der Waals surface area contributed by atoms with Crippen LogP contribution in [-0.4, -0.2) is 15.7 Å². The molecule has 1 unspecified atom stereocenters. The van der Waals surface area contributed by atoms with Crippen LogP contribution in [0.2, 0.25) is 0 Å². The highest BCUT2D eigenvalue weighted by molar-refractivity contribution is 7.13. The molecule has 0 radical (unpaired) electrons. The molecule has 0 aliphatic rings. The van der Waals surface area contributed by atoms with E-state index in [2.05, 4.69) is 24.3 Å². The van der Waals surface area contributed by atoms with Gasteiger partial charge in [0.1, 0.15) is 11.7 Å². The van der Waals surface area contributed by atoms with Crippen LogP contribution in [0.3, 0.4) is 0 Å². The Morgan fingerprint density at radius 2 is 1.81 bits per heavy atom. The zero-order valence-corrected chi connectivity index (χ0v) is 15.8. The standard InChI is InChI=1S/C20H21N3O2S/c1-13(2)15-6-8-16(9-7-15)21-20(25)14(3)23-19(24)11-10-17(22-23)18-5-4-12-26-18/h4-14H,1-3H3,(H,21,25). The van der Waals surface area contributed by atoms with E-state index in [-0.39, 0.29) is 11.5 Å². The molecule has 5 nitrogen and oxygen atoms in total. The first-order chi connectivity index (χ1) is 12.5. The highest BCUT2D eigenvalue weighted by Crippen LogP contribution is 2.22. The molecule has 1 atom stereocenters. The predicted molar refractivity (Wildman–Crippen MR) is 106 cm³/mol. The van der Waals surface area contributed by atoms with Gasteiger partial charge in [0.15, 0.2) is 0 Å². The molecular weight excluding hydrogens is 346 g/mol. The molecule has 2 aromatic heterocycles. The minimum atomic E-state index is -0.716. The van der Waals surface area contributed by atoms with E-state index < -0.39 is 6.04 Å². The lowest BCUT2D eigenvalue weighted by Gasteiger charge is -2.15. The van der Waals surface area contributed by atoms with Crippen molar-refractivity contribution in [1.29, 1.82) is 0 Å². The monoisotopic (exact) mass is 367 g/mol. The van der Waals surface area contributed by atoms with Crippen LogP contribution in [0.15, 0.2) is 58.7 Å². The fourth-order valence-electron chi connectivity index (χ4n) is 2.57. The largest absolute Gasteiger partial charge is 0.324 e. The summed E-state index contributed by atoms with van der Waals surface area (Å²) in [5.74, 6) is 0.154. The predicted octanol–water partition coefficient (Wildman–Crippen LogP) is 4.29. The van der Waals surface area contributed by atoms with Gasteiger partial charge in [0.2, 0.25) is 5.91 Å². The lowest BCUT2D eigenvalue weighted by Crippen LogP contribution is -2.33. The van der Waals surface area contributed by atoms with E-state index in [0.29, 0.717) is 17.3 Å². The van der Waals surface area contributed by atoms with Gasteiger partial charge in [-0.3, -0.25) is 9.59 Å². The molecule has 0 aliphatic heterocycles. The average molecular weight is 367 g/mol. The Balaban J connectivity index is 1.80. The molecule has 1 amide bonds. The molecule has 3 rings (SSSR count). The Labute approximate surface area is 156 Å². The molecule has 0 saturated carbocycles. The second kappa shape index (κ2) is 7.66. The Bertz CT molecular complexity index is 944. The molecule has 0 bridgehead atoms. The van der Waals surface area contributed by atoms with Gasteiger partial charge in [-0.2, -0.15) is 5.10 Å². The van der Waals surface area contributed by atoms with Crippen molar-refractivity contribution in [1.82, 2.24) is 9.78 Å². The van der Waals surface area contributed by atoms with Crippen molar-refractivity contribution in [2.24, 2.45) is 0 Å². The summed E-state index contributed by atoms with van der Waals surface area (Å²) < 4.78 is 1.23. The SMILES string of the molecule is CC(C)c1ccc(NC(=O)C(C)n2nc(-c3cccs3)ccc2=O)cc1. The summed E-state index contributed by atoms with van der Waals surface area (Å²) in [7, 11) is 0. The van der Waals surface area contributed by atoms with Crippen LogP contribution in [0.25, 0.3) is 10.6 Å². The average Bonchev–Trinajstić information content (AvgIpc) is 3.16. The second-order valence-electron chi connectivity index (χ2n) is 6.42. The first-order valence-electron chi connectivity index (χ1n) is 8.50. The van der Waals surface area contributed by atoms with Crippen molar-refractivity contribution in [3.63, 3.8) is 0 Å². The minimum Gasteiger partial charge on any atom is -0.324 e. The van der Waals surface area contributed by atoms with Crippen molar-refractivity contribution in [2.45, 2.75) is 32.7 Å². The van der Waals surface area contributed by atoms with Crippen LogP contribution in [0.1, 0.15) is 38.3 Å². The first kappa shape index (κ1) is 18.1. The molecule has 6 heteroatoms. The second-order valence-corrected chi connectivity index (χ2v) is 7.37. The number of amides is 1. The maximum absolute atomic E-state index is 12.6. The fourth-order valence-corrected chi connectivity index (χ4v) is 3.26. The molecule has 2 heterocycles. The van der Waals surface area contributed by atoms with E-state index in [1.165, 1.54) is 27.6 Å². The van der Waals surface area contributed by atoms with Gasteiger partial charge in [-0.05, 0) is 48.1 Å². The van der Waals surface area contributed by atoms with Gasteiger partial charge in [-0.1, -0.05) is 32.0 Å². The quantitative estimate of drug-likeness (QED) is 0.731. The van der Waals surface area contributed by atoms with E-state index in [9.17, 15) is 9.59 Å². The topological polar surface area (TPSA) is 64.0 Å². The van der Waals surface area contributed by atoms with Crippen molar-refractivity contribution in [3.05, 3.63) is 69.8 Å². The molecular formula is C20H21N3O2S. The maximum Gasteiger partial charge on any atom is 0.267 e. The number of nitrogens with one attached hydrogen (secondary N) is 1. The molecule has 1 N–H and O–H groups in total. The Kier molecular flexibility index (Phi) is 5.32. The Morgan fingerprint density at radius 1 is 1.08 bits per heavy atom. The Morgan fingerprint density at radius 3 is 2.42 bits per heavy atom. The summed E-state index contributed by atoms with van der Waals surface area (Å²) >= 11 is 1.54. The summed E-state index contributed by atoms with van der Waals surface area (Å²) in [4.78, 5) is 25.7. The summed E-state index contributed by atoms with van der Waals surface area (Å²) in [6.45, 7) is 5.91. The highest BCUT2D eigenvalue weighted by Gasteiger charge is 2.18. The number of nitrogens with zero attached hydrogens (tertiary/aromatic N) is 2. The molecule has 0 aliphatic carbocycles. The first-order valence-corrected chi connectivity index (χ1v) is 9.38. The summed E-state index contributed by atoms with van der Waals surface area (Å²) in [6, 6.07) is 14.0. The zero-order chi connectivity index (χ0) is 18.7. The van der Waals surface area contributed by atoms with E-state index in [4.69, 9.17) is 0 Å². The molecule has 0 fully saturated rings. The normalized spacial score (nSPS) is 12.2. The number of carbonyl (C=O) groups excluding carboxylic acids is 1. The number of carbonyl (C=O) groups is 1. The van der Waals surface area contributed by atoms with Gasteiger partial charge in [-0.25, -0.2) is 4.68 Å². The molecule has 26 heavy (non-hydrogen) atoms. The fraction of sp³-hybridized carbons (Fsp3) is 0.250. The lowest BCUT2D eigenvalue weighted by molar-refractivity contribution is -0.119. The van der Waals surface area contributed by atoms with Gasteiger partial charge in [0.25, 0.3) is 5.56 Å². The number of hydrogen-bond donors (Lipinski definition) is 1. The molecule has 3 aromatic rings. The van der Waals surface area contributed by atoms with E-state index in [0.717, 1.165) is 4.88 Å². The number of hydrogen-bond acceptors (Lipinski definition) is 4. The van der Waals surface area contributed by atoms with Crippen molar-refractivity contribution < 1.29 is 4.79 Å². The number of anilines is 1. The molecule has 0 saturated heterocycles. The zero-order valence-electron chi connectivity index (χ0n) is 15.0. The van der Waals surface area contributed by atoms with E-state index in [1.807, 2.05) is 41.8 Å². The summed E-state index contributed by atoms with van der Waals surface area (Å²) in [5, 5.41) is 9.17. The number of rotatable bonds is 5. The third-order valence-corrected chi connectivity index (χ3v) is 5.08. The van der Waals surface area contributed by atoms with Crippen LogP contribution < -0.4 is 10.9 Å².